The van der Waals surface area contributed by atoms with Crippen molar-refractivity contribution in [3.8, 4) is 0 Å². The number of aliphatic hydroxyl groups excluding tert-OH is 1. The predicted octanol–water partition coefficient (Wildman–Crippen LogP) is 1.83. The summed E-state index contributed by atoms with van der Waals surface area (Å²) in [5, 5.41) is 8.83. The zero-order chi connectivity index (χ0) is 12.0. The average molecular weight is 286 g/mol. The maximum absolute atomic E-state index is 11.9. The lowest BCUT2D eigenvalue weighted by Crippen LogP contribution is -2.34. The lowest BCUT2D eigenvalue weighted by molar-refractivity contribution is -0.130. The van der Waals surface area contributed by atoms with Crippen LogP contribution in [0.15, 0.2) is 28.7 Å². The largest absolute Gasteiger partial charge is 0.395 e. The molecule has 0 bridgehead atoms. The van der Waals surface area contributed by atoms with E-state index < -0.39 is 0 Å². The van der Waals surface area contributed by atoms with E-state index in [1.165, 1.54) is 0 Å². The third-order valence-electron chi connectivity index (χ3n) is 2.40. The van der Waals surface area contributed by atoms with Crippen LogP contribution in [0.2, 0.25) is 0 Å². The average Bonchev–Trinajstić information content (AvgIpc) is 2.29. The highest BCUT2D eigenvalue weighted by Gasteiger charge is 2.12. The molecule has 3 nitrogen and oxygen atoms in total. The second-order valence-corrected chi connectivity index (χ2v) is 4.32. The first-order chi connectivity index (χ1) is 7.69. The molecule has 1 aromatic carbocycles. The molecular formula is C12H16BrNO2. The molecule has 0 aliphatic rings. The Hall–Kier alpha value is -0.870. The molecule has 0 radical (unpaired) electrons. The second kappa shape index (κ2) is 6.66. The van der Waals surface area contributed by atoms with Crippen LogP contribution in [0.3, 0.4) is 0 Å². The number of benzene rings is 1. The molecular weight excluding hydrogens is 270 g/mol. The van der Waals surface area contributed by atoms with Crippen LogP contribution < -0.4 is 0 Å². The summed E-state index contributed by atoms with van der Waals surface area (Å²) in [6.07, 6.45) is 0.370. The van der Waals surface area contributed by atoms with Crippen molar-refractivity contribution in [1.82, 2.24) is 4.90 Å². The minimum Gasteiger partial charge on any atom is -0.395 e. The number of halogens is 1. The van der Waals surface area contributed by atoms with Gasteiger partial charge < -0.3 is 10.0 Å². The first-order valence-corrected chi connectivity index (χ1v) is 6.10. The van der Waals surface area contributed by atoms with Crippen molar-refractivity contribution in [2.24, 2.45) is 0 Å². The number of nitrogens with zero attached hydrogens (tertiary/aromatic N) is 1. The second-order valence-electron chi connectivity index (χ2n) is 3.47. The SMILES string of the molecule is CCN(CCO)C(=O)Cc1ccccc1Br. The van der Waals surface area contributed by atoms with Gasteiger partial charge in [-0.3, -0.25) is 4.79 Å². The van der Waals surface area contributed by atoms with E-state index in [4.69, 9.17) is 5.11 Å². The third-order valence-corrected chi connectivity index (χ3v) is 3.18. The van der Waals surface area contributed by atoms with Crippen LogP contribution >= 0.6 is 15.9 Å². The summed E-state index contributed by atoms with van der Waals surface area (Å²) in [7, 11) is 0. The Morgan fingerprint density at radius 1 is 1.44 bits per heavy atom. The van der Waals surface area contributed by atoms with Gasteiger partial charge in [-0.2, -0.15) is 0 Å². The van der Waals surface area contributed by atoms with Crippen molar-refractivity contribution in [3.05, 3.63) is 34.3 Å². The Bertz CT molecular complexity index is 355. The normalized spacial score (nSPS) is 10.2. The fourth-order valence-corrected chi connectivity index (χ4v) is 1.92. The highest BCUT2D eigenvalue weighted by molar-refractivity contribution is 9.10. The Morgan fingerprint density at radius 2 is 2.12 bits per heavy atom. The summed E-state index contributed by atoms with van der Waals surface area (Å²) in [5.74, 6) is 0.0449. The van der Waals surface area contributed by atoms with E-state index in [0.29, 0.717) is 19.5 Å². The van der Waals surface area contributed by atoms with Crippen molar-refractivity contribution >= 4 is 21.8 Å². The van der Waals surface area contributed by atoms with Gasteiger partial charge in [-0.05, 0) is 18.6 Å². The molecule has 0 saturated carbocycles. The van der Waals surface area contributed by atoms with Gasteiger partial charge in [0.05, 0.1) is 13.0 Å². The number of aliphatic hydroxyl groups is 1. The fraction of sp³-hybridized carbons (Fsp3) is 0.417. The Morgan fingerprint density at radius 3 is 2.69 bits per heavy atom. The molecule has 1 N–H and O–H groups in total. The molecule has 1 amide bonds. The minimum absolute atomic E-state index is 0.00946. The van der Waals surface area contributed by atoms with Crippen molar-refractivity contribution < 1.29 is 9.90 Å². The molecule has 0 aliphatic carbocycles. The van der Waals surface area contributed by atoms with Crippen molar-refractivity contribution in [3.63, 3.8) is 0 Å². The van der Waals surface area contributed by atoms with Crippen molar-refractivity contribution in [1.29, 1.82) is 0 Å². The minimum atomic E-state index is 0.00946. The molecule has 1 aromatic rings. The van der Waals surface area contributed by atoms with Gasteiger partial charge in [0.25, 0.3) is 0 Å². The number of amides is 1. The van der Waals surface area contributed by atoms with E-state index in [1.807, 2.05) is 31.2 Å². The standard InChI is InChI=1S/C12H16BrNO2/c1-2-14(7-8-15)12(16)9-10-5-3-4-6-11(10)13/h3-6,15H,2,7-9H2,1H3. The van der Waals surface area contributed by atoms with E-state index in [2.05, 4.69) is 15.9 Å². The quantitative estimate of drug-likeness (QED) is 0.897. The van der Waals surface area contributed by atoms with Gasteiger partial charge in [-0.25, -0.2) is 0 Å². The highest BCUT2D eigenvalue weighted by atomic mass is 79.9. The first-order valence-electron chi connectivity index (χ1n) is 5.31. The molecule has 0 aliphatic heterocycles. The number of carbonyl (C=O) groups is 1. The summed E-state index contributed by atoms with van der Waals surface area (Å²) < 4.78 is 0.948. The smallest absolute Gasteiger partial charge is 0.227 e. The zero-order valence-electron chi connectivity index (χ0n) is 9.32. The Kier molecular flexibility index (Phi) is 5.49. The summed E-state index contributed by atoms with van der Waals surface area (Å²) in [4.78, 5) is 13.5. The van der Waals surface area contributed by atoms with Gasteiger partial charge in [-0.1, -0.05) is 34.1 Å². The van der Waals surface area contributed by atoms with E-state index in [9.17, 15) is 4.79 Å². The molecule has 88 valence electrons. The molecule has 0 aromatic heterocycles. The molecule has 0 spiro atoms. The van der Waals surface area contributed by atoms with Crippen LogP contribution in [0.4, 0.5) is 0 Å². The van der Waals surface area contributed by atoms with E-state index in [1.54, 1.807) is 4.90 Å². The molecule has 0 atom stereocenters. The van der Waals surface area contributed by atoms with Crippen molar-refractivity contribution in [2.45, 2.75) is 13.3 Å². The lowest BCUT2D eigenvalue weighted by Gasteiger charge is -2.19. The molecule has 0 fully saturated rings. The van der Waals surface area contributed by atoms with E-state index in [-0.39, 0.29) is 12.5 Å². The number of hydrogen-bond acceptors (Lipinski definition) is 2. The molecule has 0 saturated heterocycles. The summed E-state index contributed by atoms with van der Waals surface area (Å²) >= 11 is 3.41. The van der Waals surface area contributed by atoms with Gasteiger partial charge in [0.1, 0.15) is 0 Å². The van der Waals surface area contributed by atoms with Crippen LogP contribution in [0.5, 0.6) is 0 Å². The van der Waals surface area contributed by atoms with Gasteiger partial charge in [0.2, 0.25) is 5.91 Å². The van der Waals surface area contributed by atoms with Gasteiger partial charge >= 0.3 is 0 Å². The molecule has 16 heavy (non-hydrogen) atoms. The van der Waals surface area contributed by atoms with Crippen LogP contribution in [-0.2, 0) is 11.2 Å². The number of hydrogen-bond donors (Lipinski definition) is 1. The summed E-state index contributed by atoms with van der Waals surface area (Å²) in [5.41, 5.74) is 0.976. The van der Waals surface area contributed by atoms with Gasteiger partial charge in [0, 0.05) is 17.6 Å². The maximum Gasteiger partial charge on any atom is 0.227 e. The predicted molar refractivity (Wildman–Crippen MR) is 67.2 cm³/mol. The van der Waals surface area contributed by atoms with E-state index >= 15 is 0 Å². The maximum atomic E-state index is 11.9. The molecule has 0 heterocycles. The summed E-state index contributed by atoms with van der Waals surface area (Å²) in [6.45, 7) is 2.95. The topological polar surface area (TPSA) is 40.5 Å². The Balaban J connectivity index is 2.66. The highest BCUT2D eigenvalue weighted by Crippen LogP contribution is 2.16. The van der Waals surface area contributed by atoms with Crippen LogP contribution in [0, 0.1) is 0 Å². The van der Waals surface area contributed by atoms with Crippen LogP contribution in [0.1, 0.15) is 12.5 Å². The number of rotatable bonds is 5. The lowest BCUT2D eigenvalue weighted by atomic mass is 10.1. The van der Waals surface area contributed by atoms with E-state index in [0.717, 1.165) is 10.0 Å². The molecule has 4 heteroatoms. The zero-order valence-corrected chi connectivity index (χ0v) is 10.9. The number of likely N-dealkylation sites (N-methyl/N-ethyl adjacent to an activating group) is 1. The van der Waals surface area contributed by atoms with Crippen LogP contribution in [0.25, 0.3) is 0 Å². The van der Waals surface area contributed by atoms with Crippen molar-refractivity contribution in [2.75, 3.05) is 19.7 Å². The third kappa shape index (κ3) is 3.61. The van der Waals surface area contributed by atoms with Gasteiger partial charge in [0.15, 0.2) is 0 Å². The monoisotopic (exact) mass is 285 g/mol. The summed E-state index contributed by atoms with van der Waals surface area (Å²) in [6, 6.07) is 7.68. The Labute approximate surface area is 104 Å². The molecule has 0 unspecified atom stereocenters. The fourth-order valence-electron chi connectivity index (χ4n) is 1.50. The van der Waals surface area contributed by atoms with Crippen LogP contribution in [-0.4, -0.2) is 35.6 Å². The number of carbonyl (C=O) groups excluding carboxylic acids is 1. The first kappa shape index (κ1) is 13.2. The van der Waals surface area contributed by atoms with Gasteiger partial charge in [-0.15, -0.1) is 0 Å². The molecule has 1 rings (SSSR count).